The maximum atomic E-state index is 12.9. The van der Waals surface area contributed by atoms with Gasteiger partial charge in [0, 0.05) is 22.2 Å². The van der Waals surface area contributed by atoms with Gasteiger partial charge in [0.15, 0.2) is 0 Å². The van der Waals surface area contributed by atoms with Gasteiger partial charge in [-0.2, -0.15) is 0 Å². The second kappa shape index (κ2) is 8.89. The fourth-order valence-electron chi connectivity index (χ4n) is 3.28. The van der Waals surface area contributed by atoms with Crippen molar-refractivity contribution >= 4 is 34.0 Å². The molecule has 30 heavy (non-hydrogen) atoms. The predicted octanol–water partition coefficient (Wildman–Crippen LogP) is 6.33. The summed E-state index contributed by atoms with van der Waals surface area (Å²) in [7, 11) is 1.59. The van der Waals surface area contributed by atoms with Gasteiger partial charge in [-0.1, -0.05) is 60.1 Å². The Morgan fingerprint density at radius 3 is 2.50 bits per heavy atom. The van der Waals surface area contributed by atoms with Gasteiger partial charge in [0.05, 0.1) is 12.1 Å². The summed E-state index contributed by atoms with van der Waals surface area (Å²) in [4.78, 5) is 12.9. The molecule has 1 amide bonds. The molecule has 0 atom stereocenters. The third-order valence-corrected chi connectivity index (χ3v) is 5.11. The van der Waals surface area contributed by atoms with Crippen LogP contribution in [-0.2, 0) is 6.61 Å². The van der Waals surface area contributed by atoms with E-state index in [1.807, 2.05) is 54.6 Å². The lowest BCUT2D eigenvalue weighted by molar-refractivity contribution is 0.102. The maximum absolute atomic E-state index is 12.9. The third kappa shape index (κ3) is 4.24. The minimum absolute atomic E-state index is 0.201. The van der Waals surface area contributed by atoms with E-state index in [0.717, 1.165) is 22.0 Å². The van der Waals surface area contributed by atoms with Crippen molar-refractivity contribution in [3.8, 4) is 11.5 Å². The predicted molar refractivity (Wildman–Crippen MR) is 121 cm³/mol. The van der Waals surface area contributed by atoms with Crippen molar-refractivity contribution in [1.29, 1.82) is 0 Å². The van der Waals surface area contributed by atoms with Crippen LogP contribution in [0.4, 0.5) is 5.69 Å². The van der Waals surface area contributed by atoms with Crippen molar-refractivity contribution < 1.29 is 14.3 Å². The molecule has 0 unspecified atom stereocenters. The van der Waals surface area contributed by atoms with Gasteiger partial charge in [-0.15, -0.1) is 0 Å². The molecular formula is C25H20ClNO3. The lowest BCUT2D eigenvalue weighted by Crippen LogP contribution is -2.13. The summed E-state index contributed by atoms with van der Waals surface area (Å²) in [6.45, 7) is 0.224. The van der Waals surface area contributed by atoms with E-state index in [9.17, 15) is 4.79 Å². The first-order valence-electron chi connectivity index (χ1n) is 9.49. The number of para-hydroxylation sites is 1. The number of benzene rings is 4. The molecule has 0 saturated heterocycles. The molecule has 0 spiro atoms. The number of methoxy groups -OCH3 is 1. The molecule has 4 aromatic rings. The fourth-order valence-corrected chi connectivity index (χ4v) is 3.47. The van der Waals surface area contributed by atoms with Gasteiger partial charge in [0.2, 0.25) is 0 Å². The van der Waals surface area contributed by atoms with Crippen LogP contribution in [0.15, 0.2) is 84.9 Å². The van der Waals surface area contributed by atoms with Crippen LogP contribution in [0, 0.1) is 0 Å². The van der Waals surface area contributed by atoms with Gasteiger partial charge in [0.1, 0.15) is 18.1 Å². The highest BCUT2D eigenvalue weighted by molar-refractivity contribution is 6.32. The quantitative estimate of drug-likeness (QED) is 0.398. The molecule has 0 aliphatic heterocycles. The highest BCUT2D eigenvalue weighted by Crippen LogP contribution is 2.28. The van der Waals surface area contributed by atoms with Crippen molar-refractivity contribution in [1.82, 2.24) is 0 Å². The Morgan fingerprint density at radius 2 is 1.67 bits per heavy atom. The average Bonchev–Trinajstić information content (AvgIpc) is 2.78. The van der Waals surface area contributed by atoms with Crippen LogP contribution >= 0.6 is 11.6 Å². The maximum Gasteiger partial charge on any atom is 0.255 e. The molecule has 0 aromatic heterocycles. The van der Waals surface area contributed by atoms with E-state index in [4.69, 9.17) is 21.1 Å². The summed E-state index contributed by atoms with van der Waals surface area (Å²) < 4.78 is 11.3. The zero-order valence-electron chi connectivity index (χ0n) is 16.4. The van der Waals surface area contributed by atoms with E-state index in [0.29, 0.717) is 22.1 Å². The summed E-state index contributed by atoms with van der Waals surface area (Å²) >= 11 is 6.16. The molecule has 0 bridgehead atoms. The van der Waals surface area contributed by atoms with E-state index < -0.39 is 0 Å². The number of hydrogen-bond donors (Lipinski definition) is 1. The molecule has 0 saturated carbocycles. The number of nitrogens with one attached hydrogen (secondary N) is 1. The van der Waals surface area contributed by atoms with Crippen molar-refractivity contribution in [3.05, 3.63) is 101 Å². The second-order valence-electron chi connectivity index (χ2n) is 6.73. The first-order chi connectivity index (χ1) is 14.7. The number of carbonyl (C=O) groups excluding carboxylic acids is 1. The normalized spacial score (nSPS) is 10.6. The van der Waals surface area contributed by atoms with Gasteiger partial charge < -0.3 is 14.8 Å². The molecule has 1 N–H and O–H groups in total. The zero-order valence-corrected chi connectivity index (χ0v) is 17.1. The standard InChI is InChI=1S/C25H20ClNO3/c1-29-23-14-13-18(15-19(23)16-30-24-12-5-4-10-21(24)26)25(28)27-22-11-6-8-17-7-2-3-9-20(17)22/h2-15H,16H2,1H3,(H,27,28). The van der Waals surface area contributed by atoms with Gasteiger partial charge in [-0.25, -0.2) is 0 Å². The van der Waals surface area contributed by atoms with E-state index in [1.165, 1.54) is 0 Å². The first-order valence-corrected chi connectivity index (χ1v) is 9.87. The van der Waals surface area contributed by atoms with Gasteiger partial charge in [-0.05, 0) is 41.8 Å². The van der Waals surface area contributed by atoms with E-state index in [2.05, 4.69) is 5.32 Å². The zero-order chi connectivity index (χ0) is 20.9. The third-order valence-electron chi connectivity index (χ3n) is 4.80. The molecule has 4 aromatic carbocycles. The van der Waals surface area contributed by atoms with Crippen molar-refractivity contribution in [2.45, 2.75) is 6.61 Å². The Morgan fingerprint density at radius 1 is 0.900 bits per heavy atom. The van der Waals surface area contributed by atoms with E-state index in [-0.39, 0.29) is 12.5 Å². The van der Waals surface area contributed by atoms with E-state index in [1.54, 1.807) is 37.4 Å². The Labute approximate surface area is 180 Å². The highest BCUT2D eigenvalue weighted by Gasteiger charge is 2.13. The van der Waals surface area contributed by atoms with Gasteiger partial charge >= 0.3 is 0 Å². The molecule has 0 radical (unpaired) electrons. The Kier molecular flexibility index (Phi) is 5.87. The molecule has 150 valence electrons. The largest absolute Gasteiger partial charge is 0.496 e. The molecule has 4 nitrogen and oxygen atoms in total. The summed E-state index contributed by atoms with van der Waals surface area (Å²) in [6, 6.07) is 26.3. The lowest BCUT2D eigenvalue weighted by atomic mass is 10.1. The van der Waals surface area contributed by atoms with Crippen LogP contribution in [0.3, 0.4) is 0 Å². The number of fused-ring (bicyclic) bond motifs is 1. The monoisotopic (exact) mass is 417 g/mol. The molecule has 0 heterocycles. The molecule has 0 aliphatic carbocycles. The van der Waals surface area contributed by atoms with Crippen LogP contribution in [0.25, 0.3) is 10.8 Å². The number of rotatable bonds is 6. The first kappa shape index (κ1) is 19.8. The second-order valence-corrected chi connectivity index (χ2v) is 7.13. The van der Waals surface area contributed by atoms with Crippen molar-refractivity contribution in [3.63, 3.8) is 0 Å². The lowest BCUT2D eigenvalue weighted by Gasteiger charge is -2.13. The number of halogens is 1. The highest BCUT2D eigenvalue weighted by atomic mass is 35.5. The Hall–Kier alpha value is -3.50. The van der Waals surface area contributed by atoms with Crippen LogP contribution in [0.1, 0.15) is 15.9 Å². The van der Waals surface area contributed by atoms with Crippen LogP contribution < -0.4 is 14.8 Å². The number of hydrogen-bond acceptors (Lipinski definition) is 3. The van der Waals surface area contributed by atoms with Gasteiger partial charge in [0.25, 0.3) is 5.91 Å². The number of amides is 1. The number of ether oxygens (including phenoxy) is 2. The number of anilines is 1. The average molecular weight is 418 g/mol. The SMILES string of the molecule is COc1ccc(C(=O)Nc2cccc3ccccc23)cc1COc1ccccc1Cl. The summed E-state index contributed by atoms with van der Waals surface area (Å²) in [5.74, 6) is 1.02. The molecule has 0 fully saturated rings. The van der Waals surface area contributed by atoms with E-state index >= 15 is 0 Å². The molecule has 5 heteroatoms. The van der Waals surface area contributed by atoms with Crippen LogP contribution in [-0.4, -0.2) is 13.0 Å². The topological polar surface area (TPSA) is 47.6 Å². The molecular weight excluding hydrogens is 398 g/mol. The number of carbonyl (C=O) groups is 1. The molecule has 4 rings (SSSR count). The Balaban J connectivity index is 1.57. The minimum Gasteiger partial charge on any atom is -0.496 e. The summed E-state index contributed by atoms with van der Waals surface area (Å²) in [6.07, 6.45) is 0. The van der Waals surface area contributed by atoms with Crippen molar-refractivity contribution in [2.24, 2.45) is 0 Å². The van der Waals surface area contributed by atoms with Crippen LogP contribution in [0.5, 0.6) is 11.5 Å². The summed E-state index contributed by atoms with van der Waals surface area (Å²) in [5, 5.41) is 5.59. The van der Waals surface area contributed by atoms with Crippen LogP contribution in [0.2, 0.25) is 5.02 Å². The molecule has 0 aliphatic rings. The van der Waals surface area contributed by atoms with Gasteiger partial charge in [-0.3, -0.25) is 4.79 Å². The smallest absolute Gasteiger partial charge is 0.255 e. The summed E-state index contributed by atoms with van der Waals surface area (Å²) in [5.41, 5.74) is 2.03. The minimum atomic E-state index is -0.201. The van der Waals surface area contributed by atoms with Crippen molar-refractivity contribution in [2.75, 3.05) is 12.4 Å². The fraction of sp³-hybridized carbons (Fsp3) is 0.0800. The Bertz CT molecular complexity index is 1200.